The summed E-state index contributed by atoms with van der Waals surface area (Å²) in [4.78, 5) is 14.8. The third kappa shape index (κ3) is 2.22. The summed E-state index contributed by atoms with van der Waals surface area (Å²) >= 11 is 0. The Morgan fingerprint density at radius 3 is 2.40 bits per heavy atom. The zero-order valence-corrected chi connectivity index (χ0v) is 9.94. The molecule has 0 atom stereocenters. The number of hydrogen-bond acceptors (Lipinski definition) is 2. The SMILES string of the molecule is CCOC(=O)c1[nH]c(CC)c(C)c1CC. The van der Waals surface area contributed by atoms with Gasteiger partial charge in [-0.25, -0.2) is 4.79 Å². The van der Waals surface area contributed by atoms with Gasteiger partial charge in [-0.1, -0.05) is 13.8 Å². The maximum atomic E-state index is 11.7. The van der Waals surface area contributed by atoms with Crippen LogP contribution in [0.3, 0.4) is 0 Å². The van der Waals surface area contributed by atoms with E-state index in [1.165, 1.54) is 5.56 Å². The first kappa shape index (κ1) is 11.8. The van der Waals surface area contributed by atoms with Gasteiger partial charge in [-0.05, 0) is 37.8 Å². The predicted molar refractivity (Wildman–Crippen MR) is 60.2 cm³/mol. The van der Waals surface area contributed by atoms with Crippen LogP contribution in [0, 0.1) is 6.92 Å². The average Bonchev–Trinajstić information content (AvgIpc) is 2.55. The van der Waals surface area contributed by atoms with E-state index in [4.69, 9.17) is 4.74 Å². The van der Waals surface area contributed by atoms with Crippen molar-refractivity contribution in [3.05, 3.63) is 22.5 Å². The number of aromatic amines is 1. The molecule has 0 spiro atoms. The van der Waals surface area contributed by atoms with Crippen LogP contribution in [-0.4, -0.2) is 17.6 Å². The van der Waals surface area contributed by atoms with Crippen molar-refractivity contribution in [2.75, 3.05) is 6.61 Å². The minimum absolute atomic E-state index is 0.239. The van der Waals surface area contributed by atoms with Crippen LogP contribution in [0.2, 0.25) is 0 Å². The van der Waals surface area contributed by atoms with Crippen LogP contribution in [0.15, 0.2) is 0 Å². The molecule has 3 nitrogen and oxygen atoms in total. The van der Waals surface area contributed by atoms with Gasteiger partial charge in [0.1, 0.15) is 5.69 Å². The van der Waals surface area contributed by atoms with E-state index in [1.54, 1.807) is 0 Å². The largest absolute Gasteiger partial charge is 0.461 e. The van der Waals surface area contributed by atoms with Crippen LogP contribution in [0.1, 0.15) is 48.1 Å². The van der Waals surface area contributed by atoms with Crippen molar-refractivity contribution < 1.29 is 9.53 Å². The van der Waals surface area contributed by atoms with E-state index in [1.807, 2.05) is 6.92 Å². The Hall–Kier alpha value is -1.25. The Morgan fingerprint density at radius 1 is 1.27 bits per heavy atom. The van der Waals surface area contributed by atoms with Crippen LogP contribution in [0.5, 0.6) is 0 Å². The summed E-state index contributed by atoms with van der Waals surface area (Å²) in [5.74, 6) is -0.239. The number of carbonyl (C=O) groups excluding carboxylic acids is 1. The van der Waals surface area contributed by atoms with Gasteiger partial charge in [-0.3, -0.25) is 0 Å². The van der Waals surface area contributed by atoms with Gasteiger partial charge in [-0.2, -0.15) is 0 Å². The zero-order chi connectivity index (χ0) is 11.4. The number of H-pyrrole nitrogens is 1. The summed E-state index contributed by atoms with van der Waals surface area (Å²) in [7, 11) is 0. The lowest BCUT2D eigenvalue weighted by atomic mass is 10.1. The lowest BCUT2D eigenvalue weighted by Gasteiger charge is -2.02. The van der Waals surface area contributed by atoms with E-state index in [0.717, 1.165) is 24.1 Å². The second kappa shape index (κ2) is 5.01. The summed E-state index contributed by atoms with van der Waals surface area (Å²) in [5, 5.41) is 0. The van der Waals surface area contributed by atoms with Gasteiger partial charge in [0.05, 0.1) is 6.61 Å². The molecule has 1 heterocycles. The minimum atomic E-state index is -0.239. The molecule has 0 aliphatic rings. The van der Waals surface area contributed by atoms with Crippen LogP contribution in [0.4, 0.5) is 0 Å². The molecule has 84 valence electrons. The topological polar surface area (TPSA) is 42.1 Å². The fraction of sp³-hybridized carbons (Fsp3) is 0.583. The third-order valence-electron chi connectivity index (χ3n) is 2.67. The first-order chi connectivity index (χ1) is 7.15. The summed E-state index contributed by atoms with van der Waals surface area (Å²) in [6.45, 7) is 8.42. The van der Waals surface area contributed by atoms with Crippen molar-refractivity contribution in [2.24, 2.45) is 0 Å². The molecular formula is C12H19NO2. The molecule has 0 aliphatic heterocycles. The lowest BCUT2D eigenvalue weighted by molar-refractivity contribution is 0.0519. The molecule has 0 fully saturated rings. The van der Waals surface area contributed by atoms with E-state index in [9.17, 15) is 4.79 Å². The van der Waals surface area contributed by atoms with Crippen LogP contribution < -0.4 is 0 Å². The van der Waals surface area contributed by atoms with Crippen molar-refractivity contribution in [3.8, 4) is 0 Å². The molecule has 0 bridgehead atoms. The van der Waals surface area contributed by atoms with Crippen molar-refractivity contribution in [1.29, 1.82) is 0 Å². The molecular weight excluding hydrogens is 190 g/mol. The fourth-order valence-corrected chi connectivity index (χ4v) is 1.86. The normalized spacial score (nSPS) is 10.4. The molecule has 0 aromatic carbocycles. The number of aromatic nitrogens is 1. The van der Waals surface area contributed by atoms with Crippen molar-refractivity contribution in [2.45, 2.75) is 40.5 Å². The molecule has 0 amide bonds. The monoisotopic (exact) mass is 209 g/mol. The predicted octanol–water partition coefficient (Wildman–Crippen LogP) is 2.62. The molecule has 0 unspecified atom stereocenters. The van der Waals surface area contributed by atoms with Gasteiger partial charge in [0.2, 0.25) is 0 Å². The van der Waals surface area contributed by atoms with Gasteiger partial charge in [0.15, 0.2) is 0 Å². The Kier molecular flexibility index (Phi) is 3.95. The van der Waals surface area contributed by atoms with E-state index in [0.29, 0.717) is 12.3 Å². The standard InChI is InChI=1S/C12H19NO2/c1-5-9-8(4)10(6-2)13-11(9)12(14)15-7-3/h13H,5-7H2,1-4H3. The summed E-state index contributed by atoms with van der Waals surface area (Å²) in [5.41, 5.74) is 4.05. The van der Waals surface area contributed by atoms with E-state index in [-0.39, 0.29) is 5.97 Å². The lowest BCUT2D eigenvalue weighted by Crippen LogP contribution is -2.07. The molecule has 0 saturated heterocycles. The van der Waals surface area contributed by atoms with Gasteiger partial charge < -0.3 is 9.72 Å². The summed E-state index contributed by atoms with van der Waals surface area (Å²) in [6.07, 6.45) is 1.77. The number of rotatable bonds is 4. The maximum Gasteiger partial charge on any atom is 0.355 e. The van der Waals surface area contributed by atoms with E-state index >= 15 is 0 Å². The number of aryl methyl sites for hydroxylation is 1. The van der Waals surface area contributed by atoms with E-state index < -0.39 is 0 Å². The second-order valence-electron chi connectivity index (χ2n) is 3.51. The molecule has 1 rings (SSSR count). The Morgan fingerprint density at radius 2 is 1.93 bits per heavy atom. The van der Waals surface area contributed by atoms with Gasteiger partial charge in [-0.15, -0.1) is 0 Å². The number of esters is 1. The molecule has 0 aliphatic carbocycles. The van der Waals surface area contributed by atoms with Gasteiger partial charge >= 0.3 is 5.97 Å². The number of nitrogens with one attached hydrogen (secondary N) is 1. The maximum absolute atomic E-state index is 11.7. The number of carbonyl (C=O) groups is 1. The number of ether oxygens (including phenoxy) is 1. The van der Waals surface area contributed by atoms with Crippen molar-refractivity contribution >= 4 is 5.97 Å². The van der Waals surface area contributed by atoms with Gasteiger partial charge in [0, 0.05) is 5.69 Å². The molecule has 1 aromatic rings. The van der Waals surface area contributed by atoms with Crippen LogP contribution in [0.25, 0.3) is 0 Å². The second-order valence-corrected chi connectivity index (χ2v) is 3.51. The third-order valence-corrected chi connectivity index (χ3v) is 2.67. The van der Waals surface area contributed by atoms with E-state index in [2.05, 4.69) is 25.8 Å². The highest BCUT2D eigenvalue weighted by Gasteiger charge is 2.18. The molecule has 0 saturated carbocycles. The van der Waals surface area contributed by atoms with Crippen molar-refractivity contribution in [3.63, 3.8) is 0 Å². The van der Waals surface area contributed by atoms with Crippen LogP contribution >= 0.6 is 0 Å². The van der Waals surface area contributed by atoms with Gasteiger partial charge in [0.25, 0.3) is 0 Å². The Balaban J connectivity index is 3.11. The number of hydrogen-bond donors (Lipinski definition) is 1. The average molecular weight is 209 g/mol. The quantitative estimate of drug-likeness (QED) is 0.774. The molecule has 0 radical (unpaired) electrons. The molecule has 1 N–H and O–H groups in total. The highest BCUT2D eigenvalue weighted by Crippen LogP contribution is 2.20. The Bertz CT molecular complexity index is 353. The smallest absolute Gasteiger partial charge is 0.355 e. The first-order valence-electron chi connectivity index (χ1n) is 5.53. The highest BCUT2D eigenvalue weighted by molar-refractivity contribution is 5.89. The Labute approximate surface area is 90.8 Å². The molecule has 3 heteroatoms. The zero-order valence-electron chi connectivity index (χ0n) is 9.94. The molecule has 15 heavy (non-hydrogen) atoms. The van der Waals surface area contributed by atoms with Crippen molar-refractivity contribution in [1.82, 2.24) is 4.98 Å². The summed E-state index contributed by atoms with van der Waals surface area (Å²) < 4.78 is 5.01. The highest BCUT2D eigenvalue weighted by atomic mass is 16.5. The first-order valence-corrected chi connectivity index (χ1v) is 5.53. The molecule has 1 aromatic heterocycles. The fourth-order valence-electron chi connectivity index (χ4n) is 1.86. The van der Waals surface area contributed by atoms with Crippen LogP contribution in [-0.2, 0) is 17.6 Å². The minimum Gasteiger partial charge on any atom is -0.461 e. The summed E-state index contributed by atoms with van der Waals surface area (Å²) in [6, 6.07) is 0.